The van der Waals surface area contributed by atoms with Gasteiger partial charge in [0.15, 0.2) is 17.5 Å². The third kappa shape index (κ3) is 4.15. The summed E-state index contributed by atoms with van der Waals surface area (Å²) in [7, 11) is 0. The molecule has 0 saturated heterocycles. The highest BCUT2D eigenvalue weighted by Gasteiger charge is 2.20. The summed E-state index contributed by atoms with van der Waals surface area (Å²) in [6.45, 7) is 0. The van der Waals surface area contributed by atoms with Gasteiger partial charge < -0.3 is 0 Å². The Balaban J connectivity index is 1.23. The summed E-state index contributed by atoms with van der Waals surface area (Å²) in [6, 6.07) is 57.3. The van der Waals surface area contributed by atoms with Crippen molar-refractivity contribution in [3.63, 3.8) is 0 Å². The van der Waals surface area contributed by atoms with Crippen LogP contribution < -0.4 is 0 Å². The zero-order chi connectivity index (χ0) is 33.5. The van der Waals surface area contributed by atoms with Crippen molar-refractivity contribution < 1.29 is 0 Å². The van der Waals surface area contributed by atoms with Crippen LogP contribution in [0.3, 0.4) is 0 Å². The predicted octanol–water partition coefficient (Wildman–Crippen LogP) is 11.4. The van der Waals surface area contributed by atoms with E-state index in [1.54, 1.807) is 0 Å². The summed E-state index contributed by atoms with van der Waals surface area (Å²) < 4.78 is 2.27. The Kier molecular flexibility index (Phi) is 5.89. The van der Waals surface area contributed by atoms with Gasteiger partial charge in [0.2, 0.25) is 0 Å². The number of imidazole rings is 1. The molecule has 0 radical (unpaired) electrons. The second kappa shape index (κ2) is 10.8. The lowest BCUT2D eigenvalue weighted by atomic mass is 9.93. The van der Waals surface area contributed by atoms with Crippen molar-refractivity contribution in [3.05, 3.63) is 164 Å². The third-order valence-electron chi connectivity index (χ3n) is 10.2. The van der Waals surface area contributed by atoms with Crippen molar-refractivity contribution in [1.29, 1.82) is 0 Å². The molecule has 0 aliphatic carbocycles. The Morgan fingerprint density at radius 1 is 0.333 bits per heavy atom. The van der Waals surface area contributed by atoms with Crippen LogP contribution in [0.25, 0.3) is 105 Å². The lowest BCUT2D eigenvalue weighted by Crippen LogP contribution is -2.01. The zero-order valence-electron chi connectivity index (χ0n) is 27.3. The molecule has 0 unspecified atom stereocenters. The normalized spacial score (nSPS) is 11.9. The Bertz CT molecular complexity index is 3160. The van der Waals surface area contributed by atoms with Crippen molar-refractivity contribution in [2.45, 2.75) is 0 Å². The number of benzene rings is 8. The lowest BCUT2D eigenvalue weighted by molar-refractivity contribution is 1.08. The topological polar surface area (TPSA) is 56.0 Å². The summed E-state index contributed by atoms with van der Waals surface area (Å²) in [5, 5.41) is 10.6. The van der Waals surface area contributed by atoms with Crippen LogP contribution in [0.1, 0.15) is 0 Å². The fraction of sp³-hybridized carbons (Fsp3) is 0. The molecule has 0 saturated carbocycles. The number of para-hydroxylation sites is 3. The van der Waals surface area contributed by atoms with Gasteiger partial charge >= 0.3 is 0 Å². The van der Waals surface area contributed by atoms with E-state index in [-0.39, 0.29) is 0 Å². The number of hydrogen-bond acceptors (Lipinski definition) is 4. The SMILES string of the molecule is c1ccc(-c2nc(-c3ccc4c5ccccc5c5ccccc5c4c3)nc(-c3cccc4c5ccccc5n5c6ccccc6nc5c34)n2)cc1. The van der Waals surface area contributed by atoms with Gasteiger partial charge in [0, 0.05) is 27.5 Å². The third-order valence-corrected chi connectivity index (χ3v) is 10.2. The van der Waals surface area contributed by atoms with E-state index < -0.39 is 0 Å². The smallest absolute Gasteiger partial charge is 0.164 e. The molecule has 5 heteroatoms. The molecule has 0 atom stereocenters. The molecular formula is C46H27N5. The molecule has 0 bridgehead atoms. The van der Waals surface area contributed by atoms with Gasteiger partial charge in [0.25, 0.3) is 0 Å². The monoisotopic (exact) mass is 649 g/mol. The maximum atomic E-state index is 5.28. The zero-order valence-corrected chi connectivity index (χ0v) is 27.3. The molecule has 0 fully saturated rings. The lowest BCUT2D eigenvalue weighted by Gasteiger charge is -2.14. The largest absolute Gasteiger partial charge is 0.292 e. The first-order valence-electron chi connectivity index (χ1n) is 17.2. The first-order chi connectivity index (χ1) is 25.3. The molecule has 51 heavy (non-hydrogen) atoms. The first kappa shape index (κ1) is 27.9. The number of hydrogen-bond donors (Lipinski definition) is 0. The number of pyridine rings is 1. The number of rotatable bonds is 3. The molecule has 236 valence electrons. The quantitative estimate of drug-likeness (QED) is 0.179. The molecule has 3 heterocycles. The number of nitrogens with zero attached hydrogens (tertiary/aromatic N) is 5. The van der Waals surface area contributed by atoms with Crippen LogP contribution in [-0.4, -0.2) is 24.3 Å². The van der Waals surface area contributed by atoms with Crippen LogP contribution in [0.15, 0.2) is 164 Å². The van der Waals surface area contributed by atoms with Crippen molar-refractivity contribution >= 4 is 70.7 Å². The van der Waals surface area contributed by atoms with Crippen LogP contribution in [0.2, 0.25) is 0 Å². The van der Waals surface area contributed by atoms with E-state index in [0.717, 1.165) is 55.0 Å². The van der Waals surface area contributed by atoms with Gasteiger partial charge in [-0.15, -0.1) is 0 Å². The van der Waals surface area contributed by atoms with Crippen LogP contribution in [0.4, 0.5) is 0 Å². The minimum atomic E-state index is 0.608. The van der Waals surface area contributed by atoms with Crippen molar-refractivity contribution in [1.82, 2.24) is 24.3 Å². The minimum Gasteiger partial charge on any atom is -0.292 e. The Hall–Kier alpha value is -6.98. The molecule has 0 spiro atoms. The second-order valence-corrected chi connectivity index (χ2v) is 13.0. The van der Waals surface area contributed by atoms with Gasteiger partial charge in [-0.3, -0.25) is 4.40 Å². The van der Waals surface area contributed by atoms with Crippen LogP contribution in [0.5, 0.6) is 0 Å². The van der Waals surface area contributed by atoms with Gasteiger partial charge in [-0.25, -0.2) is 19.9 Å². The number of aromatic nitrogens is 5. The molecule has 0 amide bonds. The summed E-state index contributed by atoms with van der Waals surface area (Å²) in [5.41, 5.74) is 6.79. The molecule has 0 aliphatic rings. The van der Waals surface area contributed by atoms with Crippen molar-refractivity contribution in [2.75, 3.05) is 0 Å². The molecule has 3 aromatic heterocycles. The summed E-state index contributed by atoms with van der Waals surface area (Å²) in [6.07, 6.45) is 0. The van der Waals surface area contributed by atoms with Gasteiger partial charge in [0.05, 0.1) is 16.6 Å². The molecular weight excluding hydrogens is 623 g/mol. The minimum absolute atomic E-state index is 0.608. The van der Waals surface area contributed by atoms with Gasteiger partial charge in [-0.1, -0.05) is 140 Å². The highest BCUT2D eigenvalue weighted by atomic mass is 15.0. The van der Waals surface area contributed by atoms with Crippen molar-refractivity contribution in [3.8, 4) is 34.2 Å². The standard InChI is InChI=1S/C46H27N5/c1-2-13-28(14-3-1)43-48-44(29-25-26-34-32-17-5-4-15-30(32)31-16-6-7-18-33(31)38(34)27-29)50-45(49-43)37-21-12-20-36-35-19-8-10-23-40(35)51-41-24-11-9-22-39(41)47-46(51)42(36)37/h1-27H. The highest BCUT2D eigenvalue weighted by molar-refractivity contribution is 6.25. The van der Waals surface area contributed by atoms with E-state index in [9.17, 15) is 0 Å². The van der Waals surface area contributed by atoms with Crippen molar-refractivity contribution in [2.24, 2.45) is 0 Å². The van der Waals surface area contributed by atoms with Gasteiger partial charge in [0.1, 0.15) is 5.65 Å². The molecule has 11 rings (SSSR count). The van der Waals surface area contributed by atoms with E-state index >= 15 is 0 Å². The average Bonchev–Trinajstić information content (AvgIpc) is 3.61. The molecule has 11 aromatic rings. The summed E-state index contributed by atoms with van der Waals surface area (Å²) in [5.74, 6) is 1.86. The Morgan fingerprint density at radius 3 is 1.63 bits per heavy atom. The fourth-order valence-electron chi connectivity index (χ4n) is 7.93. The maximum Gasteiger partial charge on any atom is 0.164 e. The second-order valence-electron chi connectivity index (χ2n) is 13.0. The van der Waals surface area contributed by atoms with E-state index in [2.05, 4.69) is 144 Å². The molecule has 0 aliphatic heterocycles. The Labute approximate surface area is 292 Å². The predicted molar refractivity (Wildman–Crippen MR) is 210 cm³/mol. The van der Waals surface area contributed by atoms with Crippen LogP contribution >= 0.6 is 0 Å². The molecule has 8 aromatic carbocycles. The van der Waals surface area contributed by atoms with Gasteiger partial charge in [-0.2, -0.15) is 0 Å². The highest BCUT2D eigenvalue weighted by Crippen LogP contribution is 2.40. The van der Waals surface area contributed by atoms with E-state index in [0.29, 0.717) is 17.5 Å². The van der Waals surface area contributed by atoms with E-state index in [1.807, 2.05) is 24.3 Å². The maximum absolute atomic E-state index is 5.28. The fourth-order valence-corrected chi connectivity index (χ4v) is 7.93. The summed E-state index contributed by atoms with van der Waals surface area (Å²) in [4.78, 5) is 20.8. The van der Waals surface area contributed by atoms with Crippen LogP contribution in [-0.2, 0) is 0 Å². The van der Waals surface area contributed by atoms with Crippen LogP contribution in [0, 0.1) is 0 Å². The summed E-state index contributed by atoms with van der Waals surface area (Å²) >= 11 is 0. The van der Waals surface area contributed by atoms with E-state index in [4.69, 9.17) is 19.9 Å². The number of fused-ring (bicyclic) bond motifs is 14. The van der Waals surface area contributed by atoms with E-state index in [1.165, 1.54) is 32.3 Å². The van der Waals surface area contributed by atoms with Gasteiger partial charge in [-0.05, 0) is 62.0 Å². The molecule has 5 nitrogen and oxygen atoms in total. The first-order valence-corrected chi connectivity index (χ1v) is 17.2. The molecule has 0 N–H and O–H groups in total. The Morgan fingerprint density at radius 2 is 0.882 bits per heavy atom. The average molecular weight is 650 g/mol.